The molecule has 0 saturated carbocycles. The molecular weight excluding hydrogens is 176 g/mol. The Morgan fingerprint density at radius 3 is 3.00 bits per heavy atom. The van der Waals surface area contributed by atoms with Crippen LogP contribution in [-0.4, -0.2) is 29.9 Å². The van der Waals surface area contributed by atoms with Gasteiger partial charge in [0.15, 0.2) is 0 Å². The molecule has 0 bridgehead atoms. The van der Waals surface area contributed by atoms with E-state index in [-0.39, 0.29) is 12.5 Å². The fourth-order valence-corrected chi connectivity index (χ4v) is 0.812. The van der Waals surface area contributed by atoms with E-state index in [0.717, 1.165) is 6.39 Å². The Kier molecular flexibility index (Phi) is 3.39. The van der Waals surface area contributed by atoms with Gasteiger partial charge in [0.1, 0.15) is 0 Å². The molecule has 0 saturated heterocycles. The van der Waals surface area contributed by atoms with Gasteiger partial charge in [-0.1, -0.05) is 0 Å². The molecule has 1 aromatic rings. The molecule has 0 aromatic carbocycles. The largest absolute Gasteiger partial charge is 0.464 e. The molecule has 1 aromatic heterocycles. The van der Waals surface area contributed by atoms with E-state index < -0.39 is 12.1 Å². The van der Waals surface area contributed by atoms with Crippen molar-refractivity contribution in [3.8, 4) is 0 Å². The van der Waals surface area contributed by atoms with Crippen molar-refractivity contribution in [2.75, 3.05) is 13.7 Å². The summed E-state index contributed by atoms with van der Waals surface area (Å²) >= 11 is 0. The van der Waals surface area contributed by atoms with E-state index in [4.69, 9.17) is 13.9 Å². The van der Waals surface area contributed by atoms with E-state index in [0.29, 0.717) is 0 Å². The third kappa shape index (κ3) is 2.25. The first-order chi connectivity index (χ1) is 6.29. The molecule has 0 N–H and O–H groups in total. The van der Waals surface area contributed by atoms with Crippen molar-refractivity contribution in [1.29, 1.82) is 0 Å². The predicted octanol–water partition coefficient (Wildman–Crippen LogP) is 0.320. The van der Waals surface area contributed by atoms with Crippen LogP contribution in [0.15, 0.2) is 10.8 Å². The van der Waals surface area contributed by atoms with Crippen molar-refractivity contribution in [3.05, 3.63) is 12.3 Å². The summed E-state index contributed by atoms with van der Waals surface area (Å²) in [7, 11) is 1.37. The van der Waals surface area contributed by atoms with Gasteiger partial charge in [-0.2, -0.15) is 0 Å². The molecule has 0 amide bonds. The maximum absolute atomic E-state index is 11.2. The second-order valence-corrected chi connectivity index (χ2v) is 2.14. The SMILES string of the molecule is CCOC(=O)C(OC)c1nnco1. The van der Waals surface area contributed by atoms with Crippen LogP contribution in [0.2, 0.25) is 0 Å². The van der Waals surface area contributed by atoms with Crippen LogP contribution < -0.4 is 0 Å². The van der Waals surface area contributed by atoms with Crippen LogP contribution in [0, 0.1) is 0 Å². The van der Waals surface area contributed by atoms with E-state index in [1.54, 1.807) is 6.92 Å². The molecule has 0 fully saturated rings. The molecule has 1 heterocycles. The molecule has 1 unspecified atom stereocenters. The Morgan fingerprint density at radius 2 is 2.54 bits per heavy atom. The first-order valence-corrected chi connectivity index (χ1v) is 3.75. The first kappa shape index (κ1) is 9.66. The number of carbonyl (C=O) groups is 1. The zero-order valence-corrected chi connectivity index (χ0v) is 7.39. The molecule has 0 aliphatic heterocycles. The quantitative estimate of drug-likeness (QED) is 0.630. The Balaban J connectivity index is 2.68. The lowest BCUT2D eigenvalue weighted by molar-refractivity contribution is -0.156. The van der Waals surface area contributed by atoms with Crippen molar-refractivity contribution in [1.82, 2.24) is 10.2 Å². The van der Waals surface area contributed by atoms with Gasteiger partial charge in [-0.25, -0.2) is 4.79 Å². The van der Waals surface area contributed by atoms with Crippen LogP contribution in [0.1, 0.15) is 18.9 Å². The highest BCUT2D eigenvalue weighted by molar-refractivity contribution is 5.75. The zero-order chi connectivity index (χ0) is 9.68. The van der Waals surface area contributed by atoms with E-state index >= 15 is 0 Å². The van der Waals surface area contributed by atoms with E-state index in [1.807, 2.05) is 0 Å². The van der Waals surface area contributed by atoms with Gasteiger partial charge in [0.2, 0.25) is 12.5 Å². The maximum atomic E-state index is 11.2. The molecule has 0 aliphatic carbocycles. The molecule has 1 rings (SSSR count). The van der Waals surface area contributed by atoms with Crippen LogP contribution in [-0.2, 0) is 14.3 Å². The maximum Gasteiger partial charge on any atom is 0.345 e. The standard InChI is InChI=1S/C7H10N2O4/c1-3-12-7(10)5(11-2)6-9-8-4-13-6/h4-5H,3H2,1-2H3. The number of hydrogen-bond donors (Lipinski definition) is 0. The van der Waals surface area contributed by atoms with E-state index in [1.165, 1.54) is 7.11 Å². The Morgan fingerprint density at radius 1 is 1.77 bits per heavy atom. The number of methoxy groups -OCH3 is 1. The number of nitrogens with zero attached hydrogens (tertiary/aromatic N) is 2. The summed E-state index contributed by atoms with van der Waals surface area (Å²) in [5, 5.41) is 6.98. The average molecular weight is 186 g/mol. The van der Waals surface area contributed by atoms with Crippen molar-refractivity contribution < 1.29 is 18.7 Å². The summed E-state index contributed by atoms with van der Waals surface area (Å²) < 4.78 is 14.4. The number of carbonyl (C=O) groups excluding carboxylic acids is 1. The third-order valence-electron chi connectivity index (χ3n) is 1.34. The minimum Gasteiger partial charge on any atom is -0.464 e. The van der Waals surface area contributed by atoms with Crippen LogP contribution in [0.4, 0.5) is 0 Å². The summed E-state index contributed by atoms with van der Waals surface area (Å²) in [4.78, 5) is 11.2. The second kappa shape index (κ2) is 4.56. The van der Waals surface area contributed by atoms with Gasteiger partial charge in [-0.15, -0.1) is 10.2 Å². The Labute approximate surface area is 74.8 Å². The van der Waals surface area contributed by atoms with Gasteiger partial charge in [-0.05, 0) is 6.92 Å². The number of esters is 1. The highest BCUT2D eigenvalue weighted by Crippen LogP contribution is 2.14. The lowest BCUT2D eigenvalue weighted by Crippen LogP contribution is -2.17. The fraction of sp³-hybridized carbons (Fsp3) is 0.571. The molecule has 13 heavy (non-hydrogen) atoms. The number of rotatable bonds is 4. The van der Waals surface area contributed by atoms with E-state index in [2.05, 4.69) is 10.2 Å². The molecule has 6 nitrogen and oxygen atoms in total. The van der Waals surface area contributed by atoms with Crippen molar-refractivity contribution in [2.24, 2.45) is 0 Å². The van der Waals surface area contributed by atoms with Crippen LogP contribution in [0.3, 0.4) is 0 Å². The number of hydrogen-bond acceptors (Lipinski definition) is 6. The molecule has 1 atom stereocenters. The average Bonchev–Trinajstić information content (AvgIpc) is 2.59. The first-order valence-electron chi connectivity index (χ1n) is 3.75. The second-order valence-electron chi connectivity index (χ2n) is 2.14. The minimum atomic E-state index is -0.928. The highest BCUT2D eigenvalue weighted by atomic mass is 16.6. The normalized spacial score (nSPS) is 12.5. The summed E-state index contributed by atoms with van der Waals surface area (Å²) in [6, 6.07) is 0. The molecule has 72 valence electrons. The molecule has 6 heteroatoms. The predicted molar refractivity (Wildman–Crippen MR) is 40.7 cm³/mol. The van der Waals surface area contributed by atoms with Crippen LogP contribution in [0.5, 0.6) is 0 Å². The summed E-state index contributed by atoms with van der Waals surface area (Å²) in [5.74, 6) is -0.435. The van der Waals surface area contributed by atoms with E-state index in [9.17, 15) is 4.79 Å². The van der Waals surface area contributed by atoms with Crippen molar-refractivity contribution in [3.63, 3.8) is 0 Å². The molecule has 0 radical (unpaired) electrons. The molecule has 0 spiro atoms. The smallest absolute Gasteiger partial charge is 0.345 e. The Hall–Kier alpha value is -1.43. The Bertz CT molecular complexity index is 259. The number of ether oxygens (including phenoxy) is 2. The molecular formula is C7H10N2O4. The number of aromatic nitrogens is 2. The lowest BCUT2D eigenvalue weighted by Gasteiger charge is -2.08. The van der Waals surface area contributed by atoms with Gasteiger partial charge < -0.3 is 13.9 Å². The van der Waals surface area contributed by atoms with Crippen molar-refractivity contribution in [2.45, 2.75) is 13.0 Å². The monoisotopic (exact) mass is 186 g/mol. The summed E-state index contributed by atoms with van der Waals surface area (Å²) in [6.45, 7) is 1.99. The van der Waals surface area contributed by atoms with Crippen LogP contribution in [0.25, 0.3) is 0 Å². The summed E-state index contributed by atoms with van der Waals surface area (Å²) in [6.07, 6.45) is 0.197. The molecule has 0 aliphatic rings. The summed E-state index contributed by atoms with van der Waals surface area (Å²) in [5.41, 5.74) is 0. The van der Waals surface area contributed by atoms with Gasteiger partial charge in [0, 0.05) is 7.11 Å². The van der Waals surface area contributed by atoms with Gasteiger partial charge in [-0.3, -0.25) is 0 Å². The zero-order valence-electron chi connectivity index (χ0n) is 7.39. The minimum absolute atomic E-state index is 0.0981. The fourth-order valence-electron chi connectivity index (χ4n) is 0.812. The van der Waals surface area contributed by atoms with Gasteiger partial charge in [0.05, 0.1) is 6.61 Å². The topological polar surface area (TPSA) is 74.5 Å². The van der Waals surface area contributed by atoms with Crippen LogP contribution >= 0.6 is 0 Å². The third-order valence-corrected chi connectivity index (χ3v) is 1.34. The lowest BCUT2D eigenvalue weighted by atomic mass is 10.3. The van der Waals surface area contributed by atoms with Gasteiger partial charge in [0.25, 0.3) is 5.89 Å². The highest BCUT2D eigenvalue weighted by Gasteiger charge is 2.26. The van der Waals surface area contributed by atoms with Gasteiger partial charge >= 0.3 is 5.97 Å². The van der Waals surface area contributed by atoms with Crippen molar-refractivity contribution >= 4 is 5.97 Å².